The fourth-order valence-corrected chi connectivity index (χ4v) is 6.71. The third-order valence-electron chi connectivity index (χ3n) is 7.32. The maximum absolute atomic E-state index is 5.16. The summed E-state index contributed by atoms with van der Waals surface area (Å²) in [5.41, 5.74) is 3.00. The van der Waals surface area contributed by atoms with Gasteiger partial charge in [0, 0.05) is 42.2 Å². The summed E-state index contributed by atoms with van der Waals surface area (Å²) >= 11 is 1.79. The van der Waals surface area contributed by atoms with E-state index in [1.807, 2.05) is 18.2 Å². The molecule has 0 atom stereocenters. The van der Waals surface area contributed by atoms with Crippen LogP contribution in [0.2, 0.25) is 0 Å². The summed E-state index contributed by atoms with van der Waals surface area (Å²) in [4.78, 5) is 15.3. The van der Waals surface area contributed by atoms with Gasteiger partial charge in [-0.2, -0.15) is 0 Å². The zero-order valence-electron chi connectivity index (χ0n) is 20.9. The number of benzene rings is 6. The fourth-order valence-electron chi connectivity index (χ4n) is 5.50. The first kappa shape index (κ1) is 22.1. The van der Waals surface area contributed by atoms with E-state index in [-0.39, 0.29) is 0 Å². The predicted molar refractivity (Wildman–Crippen MR) is 164 cm³/mol. The fraction of sp³-hybridized carbons (Fsp3) is 0. The van der Waals surface area contributed by atoms with Gasteiger partial charge >= 0.3 is 0 Å². The maximum Gasteiger partial charge on any atom is 0.165 e. The van der Waals surface area contributed by atoms with Crippen LogP contribution in [0.15, 0.2) is 127 Å². The van der Waals surface area contributed by atoms with E-state index in [4.69, 9.17) is 15.0 Å². The van der Waals surface area contributed by atoms with Gasteiger partial charge in [-0.15, -0.1) is 11.3 Å². The van der Waals surface area contributed by atoms with Crippen LogP contribution in [0, 0.1) is 0 Å². The first-order chi connectivity index (χ1) is 19.3. The highest BCUT2D eigenvalue weighted by atomic mass is 32.1. The van der Waals surface area contributed by atoms with Crippen molar-refractivity contribution in [2.75, 3.05) is 0 Å². The van der Waals surface area contributed by atoms with Gasteiger partial charge in [0.2, 0.25) is 0 Å². The zero-order valence-corrected chi connectivity index (χ0v) is 21.7. The lowest BCUT2D eigenvalue weighted by Crippen LogP contribution is -2.00. The van der Waals surface area contributed by atoms with Crippen LogP contribution in [0.1, 0.15) is 0 Å². The summed E-state index contributed by atoms with van der Waals surface area (Å²) in [5, 5.41) is 7.21. The van der Waals surface area contributed by atoms with E-state index in [2.05, 4.69) is 109 Å². The van der Waals surface area contributed by atoms with Crippen LogP contribution >= 0.6 is 11.3 Å². The summed E-state index contributed by atoms with van der Waals surface area (Å²) in [6.07, 6.45) is 0. The minimum absolute atomic E-state index is 0.672. The molecule has 0 fully saturated rings. The molecule has 0 saturated heterocycles. The molecule has 0 unspecified atom stereocenters. The minimum atomic E-state index is 0.672. The number of hydrogen-bond donors (Lipinski definition) is 0. The normalized spacial score (nSPS) is 11.6. The molecular formula is C35H21N3S. The molecule has 0 bridgehead atoms. The molecular weight excluding hydrogens is 494 g/mol. The van der Waals surface area contributed by atoms with Crippen molar-refractivity contribution in [2.24, 2.45) is 0 Å². The molecule has 0 aliphatic rings. The van der Waals surface area contributed by atoms with Crippen LogP contribution in [0.4, 0.5) is 0 Å². The average molecular weight is 516 g/mol. The van der Waals surface area contributed by atoms with Crippen LogP contribution in [-0.2, 0) is 0 Å². The van der Waals surface area contributed by atoms with Crippen LogP contribution in [0.25, 0.3) is 75.9 Å². The van der Waals surface area contributed by atoms with Crippen molar-refractivity contribution in [3.63, 3.8) is 0 Å². The van der Waals surface area contributed by atoms with Crippen molar-refractivity contribution in [2.45, 2.75) is 0 Å². The molecule has 0 spiro atoms. The van der Waals surface area contributed by atoms with Gasteiger partial charge in [0.15, 0.2) is 17.5 Å². The van der Waals surface area contributed by atoms with Crippen molar-refractivity contribution >= 4 is 53.1 Å². The van der Waals surface area contributed by atoms with Gasteiger partial charge in [-0.1, -0.05) is 115 Å². The summed E-state index contributed by atoms with van der Waals surface area (Å²) in [6, 6.07) is 44.4. The van der Waals surface area contributed by atoms with Crippen LogP contribution in [-0.4, -0.2) is 15.0 Å². The molecule has 0 aliphatic carbocycles. The second-order valence-electron chi connectivity index (χ2n) is 9.64. The molecule has 8 aromatic rings. The minimum Gasteiger partial charge on any atom is -0.208 e. The Morgan fingerprint density at radius 1 is 0.410 bits per heavy atom. The average Bonchev–Trinajstić information content (AvgIpc) is 3.40. The van der Waals surface area contributed by atoms with Gasteiger partial charge < -0.3 is 0 Å². The van der Waals surface area contributed by atoms with Crippen molar-refractivity contribution in [1.82, 2.24) is 15.0 Å². The Morgan fingerprint density at radius 3 is 1.92 bits per heavy atom. The van der Waals surface area contributed by atoms with Crippen LogP contribution < -0.4 is 0 Å². The smallest absolute Gasteiger partial charge is 0.165 e. The molecule has 6 aromatic carbocycles. The highest BCUT2D eigenvalue weighted by Crippen LogP contribution is 2.40. The Kier molecular flexibility index (Phi) is 5.00. The molecule has 0 amide bonds. The van der Waals surface area contributed by atoms with Gasteiger partial charge in [-0.3, -0.25) is 0 Å². The second kappa shape index (κ2) is 8.83. The summed E-state index contributed by atoms with van der Waals surface area (Å²) in [6.45, 7) is 0. The standard InChI is InChI=1S/C35H21N3S/c1-2-11-24(12-3-1)33-36-34(28-17-8-13-23-21-20-22-10-4-5-14-25(22)31(23)28)38-35(37-33)29-18-9-16-27-26-15-6-7-19-30(26)39-32(27)29/h1-21H. The van der Waals surface area contributed by atoms with E-state index in [0.29, 0.717) is 17.5 Å². The Hall–Kier alpha value is -4.93. The topological polar surface area (TPSA) is 38.7 Å². The lowest BCUT2D eigenvalue weighted by molar-refractivity contribution is 1.08. The monoisotopic (exact) mass is 515 g/mol. The summed E-state index contributed by atoms with van der Waals surface area (Å²) in [7, 11) is 0. The highest BCUT2D eigenvalue weighted by Gasteiger charge is 2.18. The predicted octanol–water partition coefficient (Wildman–Crippen LogP) is 9.55. The Morgan fingerprint density at radius 2 is 1.03 bits per heavy atom. The molecule has 8 rings (SSSR count). The molecule has 2 heterocycles. The Balaban J connectivity index is 1.45. The number of thiophene rings is 1. The number of rotatable bonds is 3. The SMILES string of the molecule is c1ccc(-c2nc(-c3cccc4c3sc3ccccc34)nc(-c3cccc4ccc5ccccc5c34)n2)cc1. The molecule has 182 valence electrons. The van der Waals surface area contributed by atoms with Gasteiger partial charge in [-0.05, 0) is 28.3 Å². The van der Waals surface area contributed by atoms with Gasteiger partial charge in [0.1, 0.15) is 0 Å². The summed E-state index contributed by atoms with van der Waals surface area (Å²) in [5.74, 6) is 2.04. The van der Waals surface area contributed by atoms with E-state index >= 15 is 0 Å². The van der Waals surface area contributed by atoms with E-state index in [1.54, 1.807) is 11.3 Å². The third kappa shape index (κ3) is 3.61. The van der Waals surface area contributed by atoms with E-state index in [9.17, 15) is 0 Å². The van der Waals surface area contributed by atoms with Crippen molar-refractivity contribution in [1.29, 1.82) is 0 Å². The molecule has 4 heteroatoms. The number of hydrogen-bond acceptors (Lipinski definition) is 4. The largest absolute Gasteiger partial charge is 0.208 e. The second-order valence-corrected chi connectivity index (χ2v) is 10.7. The van der Waals surface area contributed by atoms with E-state index < -0.39 is 0 Å². The number of aromatic nitrogens is 3. The lowest BCUT2D eigenvalue weighted by Gasteiger charge is -2.12. The van der Waals surface area contributed by atoms with Crippen molar-refractivity contribution in [3.05, 3.63) is 127 Å². The summed E-state index contributed by atoms with van der Waals surface area (Å²) < 4.78 is 2.45. The lowest BCUT2D eigenvalue weighted by atomic mass is 9.97. The van der Waals surface area contributed by atoms with Crippen LogP contribution in [0.5, 0.6) is 0 Å². The first-order valence-corrected chi connectivity index (χ1v) is 13.8. The molecule has 0 saturated carbocycles. The third-order valence-corrected chi connectivity index (χ3v) is 8.54. The molecule has 0 radical (unpaired) electrons. The van der Waals surface area contributed by atoms with Gasteiger partial charge in [0.05, 0.1) is 0 Å². The molecule has 0 aliphatic heterocycles. The molecule has 0 N–H and O–H groups in total. The van der Waals surface area contributed by atoms with E-state index in [1.165, 1.54) is 36.3 Å². The quantitative estimate of drug-likeness (QED) is 0.220. The van der Waals surface area contributed by atoms with Crippen molar-refractivity contribution in [3.8, 4) is 34.2 Å². The Labute approximate surface area is 229 Å². The number of nitrogens with zero attached hydrogens (tertiary/aromatic N) is 3. The van der Waals surface area contributed by atoms with Crippen molar-refractivity contribution < 1.29 is 0 Å². The number of fused-ring (bicyclic) bond motifs is 6. The van der Waals surface area contributed by atoms with Gasteiger partial charge in [0.25, 0.3) is 0 Å². The highest BCUT2D eigenvalue weighted by molar-refractivity contribution is 7.26. The maximum atomic E-state index is 5.16. The van der Waals surface area contributed by atoms with Crippen LogP contribution in [0.3, 0.4) is 0 Å². The van der Waals surface area contributed by atoms with E-state index in [0.717, 1.165) is 22.1 Å². The zero-order chi connectivity index (χ0) is 25.8. The first-order valence-electron chi connectivity index (χ1n) is 13.0. The molecule has 3 nitrogen and oxygen atoms in total. The Bertz CT molecular complexity index is 2180. The molecule has 39 heavy (non-hydrogen) atoms. The van der Waals surface area contributed by atoms with Gasteiger partial charge in [-0.25, -0.2) is 15.0 Å². The molecule has 2 aromatic heterocycles.